The molecule has 1 aliphatic rings. The fraction of sp³-hybridized carbons (Fsp3) is 0.500. The summed E-state index contributed by atoms with van der Waals surface area (Å²) in [4.78, 5) is 20.5. The van der Waals surface area contributed by atoms with Crippen molar-refractivity contribution >= 4 is 17.5 Å². The Kier molecular flexibility index (Phi) is 6.85. The SMILES string of the molecule is O=C(CCCn1cncn1)N1CCN(CCOc2ccc(Cl)cc2)CC1. The topological polar surface area (TPSA) is 63.5 Å². The van der Waals surface area contributed by atoms with Gasteiger partial charge in [0.2, 0.25) is 5.91 Å². The lowest BCUT2D eigenvalue weighted by molar-refractivity contribution is -0.133. The summed E-state index contributed by atoms with van der Waals surface area (Å²) in [6.07, 6.45) is 4.53. The molecule has 1 aliphatic heterocycles. The Morgan fingerprint density at radius 3 is 2.58 bits per heavy atom. The molecule has 0 atom stereocenters. The summed E-state index contributed by atoms with van der Waals surface area (Å²) in [6, 6.07) is 7.39. The Balaban J connectivity index is 1.29. The highest BCUT2D eigenvalue weighted by Crippen LogP contribution is 2.15. The van der Waals surface area contributed by atoms with E-state index >= 15 is 0 Å². The zero-order chi connectivity index (χ0) is 18.2. The highest BCUT2D eigenvalue weighted by molar-refractivity contribution is 6.30. The van der Waals surface area contributed by atoms with Crippen LogP contribution in [0.1, 0.15) is 12.8 Å². The van der Waals surface area contributed by atoms with Gasteiger partial charge < -0.3 is 9.64 Å². The molecular formula is C18H24ClN5O2. The number of carbonyl (C=O) groups is 1. The van der Waals surface area contributed by atoms with Crippen molar-refractivity contribution in [1.29, 1.82) is 0 Å². The third-order valence-electron chi connectivity index (χ3n) is 4.46. The first-order chi connectivity index (χ1) is 12.7. The third kappa shape index (κ3) is 5.71. The first-order valence-electron chi connectivity index (χ1n) is 8.91. The van der Waals surface area contributed by atoms with Crippen molar-refractivity contribution < 1.29 is 9.53 Å². The van der Waals surface area contributed by atoms with Crippen LogP contribution in [0.3, 0.4) is 0 Å². The smallest absolute Gasteiger partial charge is 0.222 e. The molecule has 0 aliphatic carbocycles. The summed E-state index contributed by atoms with van der Waals surface area (Å²) in [5.41, 5.74) is 0. The fourth-order valence-electron chi connectivity index (χ4n) is 2.94. The van der Waals surface area contributed by atoms with E-state index in [9.17, 15) is 4.79 Å². The molecule has 1 amide bonds. The second-order valence-corrected chi connectivity index (χ2v) is 6.72. The second-order valence-electron chi connectivity index (χ2n) is 6.29. The molecule has 1 aromatic carbocycles. The van der Waals surface area contributed by atoms with Gasteiger partial charge in [0, 0.05) is 50.7 Å². The first-order valence-corrected chi connectivity index (χ1v) is 9.29. The van der Waals surface area contributed by atoms with Gasteiger partial charge in [-0.25, -0.2) is 4.98 Å². The van der Waals surface area contributed by atoms with E-state index in [0.717, 1.165) is 51.4 Å². The van der Waals surface area contributed by atoms with Gasteiger partial charge in [0.05, 0.1) is 0 Å². The number of rotatable bonds is 8. The lowest BCUT2D eigenvalue weighted by Crippen LogP contribution is -2.49. The molecule has 2 heterocycles. The van der Waals surface area contributed by atoms with E-state index in [-0.39, 0.29) is 5.91 Å². The van der Waals surface area contributed by atoms with Crippen LogP contribution in [-0.2, 0) is 11.3 Å². The summed E-state index contributed by atoms with van der Waals surface area (Å²) in [6.45, 7) is 5.56. The minimum absolute atomic E-state index is 0.224. The Labute approximate surface area is 158 Å². The van der Waals surface area contributed by atoms with E-state index < -0.39 is 0 Å². The van der Waals surface area contributed by atoms with Crippen molar-refractivity contribution in [2.45, 2.75) is 19.4 Å². The molecule has 26 heavy (non-hydrogen) atoms. The van der Waals surface area contributed by atoms with Gasteiger partial charge in [-0.3, -0.25) is 14.4 Å². The summed E-state index contributed by atoms with van der Waals surface area (Å²) in [7, 11) is 0. The molecule has 0 saturated carbocycles. The van der Waals surface area contributed by atoms with Gasteiger partial charge in [0.1, 0.15) is 25.0 Å². The zero-order valence-electron chi connectivity index (χ0n) is 14.8. The molecular weight excluding hydrogens is 354 g/mol. The number of aryl methyl sites for hydroxylation is 1. The van der Waals surface area contributed by atoms with Gasteiger partial charge in [0.15, 0.2) is 0 Å². The summed E-state index contributed by atoms with van der Waals surface area (Å²) in [5, 5.41) is 4.75. The maximum atomic E-state index is 12.3. The first kappa shape index (κ1) is 18.7. The van der Waals surface area contributed by atoms with E-state index in [1.54, 1.807) is 11.0 Å². The van der Waals surface area contributed by atoms with Crippen LogP contribution in [-0.4, -0.2) is 69.8 Å². The lowest BCUT2D eigenvalue weighted by Gasteiger charge is -2.34. The highest BCUT2D eigenvalue weighted by Gasteiger charge is 2.20. The molecule has 8 heteroatoms. The van der Waals surface area contributed by atoms with E-state index in [0.29, 0.717) is 18.1 Å². The second kappa shape index (κ2) is 9.54. The molecule has 140 valence electrons. The van der Waals surface area contributed by atoms with Crippen LogP contribution in [0.4, 0.5) is 0 Å². The van der Waals surface area contributed by atoms with Crippen LogP contribution >= 0.6 is 11.6 Å². The Morgan fingerprint density at radius 1 is 1.12 bits per heavy atom. The number of halogens is 1. The number of hydrogen-bond acceptors (Lipinski definition) is 5. The molecule has 0 N–H and O–H groups in total. The molecule has 0 radical (unpaired) electrons. The molecule has 0 spiro atoms. The Hall–Kier alpha value is -2.12. The van der Waals surface area contributed by atoms with Crippen LogP contribution in [0.2, 0.25) is 5.02 Å². The molecule has 1 saturated heterocycles. The van der Waals surface area contributed by atoms with Crippen molar-refractivity contribution in [2.75, 3.05) is 39.3 Å². The van der Waals surface area contributed by atoms with Crippen LogP contribution in [0.5, 0.6) is 5.75 Å². The van der Waals surface area contributed by atoms with Gasteiger partial charge >= 0.3 is 0 Å². The van der Waals surface area contributed by atoms with Gasteiger partial charge in [-0.05, 0) is 30.7 Å². The van der Waals surface area contributed by atoms with Gasteiger partial charge in [0.25, 0.3) is 0 Å². The van der Waals surface area contributed by atoms with Crippen LogP contribution < -0.4 is 4.74 Å². The minimum atomic E-state index is 0.224. The van der Waals surface area contributed by atoms with Crippen molar-refractivity contribution in [1.82, 2.24) is 24.6 Å². The monoisotopic (exact) mass is 377 g/mol. The standard InChI is InChI=1S/C18H24ClN5O2/c19-16-3-5-17(6-4-16)26-13-12-22-8-10-23(11-9-22)18(25)2-1-7-24-15-20-14-21-24/h3-6,14-15H,1-2,7-13H2. The Bertz CT molecular complexity index is 669. The number of amides is 1. The summed E-state index contributed by atoms with van der Waals surface area (Å²) >= 11 is 5.86. The van der Waals surface area contributed by atoms with Gasteiger partial charge in [-0.1, -0.05) is 11.6 Å². The van der Waals surface area contributed by atoms with Crippen molar-refractivity contribution in [3.05, 3.63) is 41.9 Å². The third-order valence-corrected chi connectivity index (χ3v) is 4.71. The van der Waals surface area contributed by atoms with E-state index in [2.05, 4.69) is 15.0 Å². The average Bonchev–Trinajstić information content (AvgIpc) is 3.17. The van der Waals surface area contributed by atoms with E-state index in [4.69, 9.17) is 16.3 Å². The number of carbonyl (C=O) groups excluding carboxylic acids is 1. The lowest BCUT2D eigenvalue weighted by atomic mass is 10.2. The predicted molar refractivity (Wildman–Crippen MR) is 99.2 cm³/mol. The number of aromatic nitrogens is 3. The van der Waals surface area contributed by atoms with Crippen molar-refractivity contribution in [3.8, 4) is 5.75 Å². The minimum Gasteiger partial charge on any atom is -0.492 e. The van der Waals surface area contributed by atoms with Crippen molar-refractivity contribution in [2.24, 2.45) is 0 Å². The number of nitrogens with zero attached hydrogens (tertiary/aromatic N) is 5. The van der Waals surface area contributed by atoms with Crippen LogP contribution in [0, 0.1) is 0 Å². The van der Waals surface area contributed by atoms with E-state index in [1.165, 1.54) is 6.33 Å². The van der Waals surface area contributed by atoms with Gasteiger partial charge in [-0.2, -0.15) is 5.10 Å². The summed E-state index contributed by atoms with van der Waals surface area (Å²) < 4.78 is 7.49. The number of ether oxygens (including phenoxy) is 1. The molecule has 1 fully saturated rings. The number of benzene rings is 1. The number of hydrogen-bond donors (Lipinski definition) is 0. The zero-order valence-corrected chi connectivity index (χ0v) is 15.5. The van der Waals surface area contributed by atoms with Crippen molar-refractivity contribution in [3.63, 3.8) is 0 Å². The Morgan fingerprint density at radius 2 is 1.88 bits per heavy atom. The molecule has 0 unspecified atom stereocenters. The van der Waals surface area contributed by atoms with Gasteiger partial charge in [-0.15, -0.1) is 0 Å². The normalized spacial score (nSPS) is 15.2. The largest absolute Gasteiger partial charge is 0.492 e. The predicted octanol–water partition coefficient (Wildman–Crippen LogP) is 1.93. The molecule has 7 nitrogen and oxygen atoms in total. The average molecular weight is 378 g/mol. The van der Waals surface area contributed by atoms with Crippen LogP contribution in [0.15, 0.2) is 36.9 Å². The molecule has 2 aromatic rings. The van der Waals surface area contributed by atoms with Crippen LogP contribution in [0.25, 0.3) is 0 Å². The molecule has 0 bridgehead atoms. The maximum Gasteiger partial charge on any atom is 0.222 e. The highest BCUT2D eigenvalue weighted by atomic mass is 35.5. The van der Waals surface area contributed by atoms with E-state index in [1.807, 2.05) is 29.2 Å². The maximum absolute atomic E-state index is 12.3. The quantitative estimate of drug-likeness (QED) is 0.703. The molecule has 1 aromatic heterocycles. The summed E-state index contributed by atoms with van der Waals surface area (Å²) in [5.74, 6) is 1.05. The fourth-order valence-corrected chi connectivity index (χ4v) is 3.07. The molecule has 3 rings (SSSR count). The number of piperazine rings is 1.